The molecular weight excluding hydrogens is 240 g/mol. The molecule has 4 nitrogen and oxygen atoms in total. The van der Waals surface area contributed by atoms with Crippen LogP contribution in [0.15, 0.2) is 0 Å². The molecule has 0 aliphatic heterocycles. The monoisotopic (exact) mass is 272 g/mol. The van der Waals surface area contributed by atoms with E-state index in [1.165, 1.54) is 38.6 Å². The van der Waals surface area contributed by atoms with Gasteiger partial charge in [0.15, 0.2) is 0 Å². The van der Waals surface area contributed by atoms with Crippen molar-refractivity contribution < 1.29 is 9.47 Å². The summed E-state index contributed by atoms with van der Waals surface area (Å²) in [5.41, 5.74) is 0.453. The van der Waals surface area contributed by atoms with Gasteiger partial charge in [0.2, 0.25) is 0 Å². The molecule has 0 unspecified atom stereocenters. The fourth-order valence-corrected chi connectivity index (χ4v) is 3.25. The van der Waals surface area contributed by atoms with E-state index in [1.807, 2.05) is 0 Å². The number of ether oxygens (including phenoxy) is 2. The minimum atomic E-state index is 0.453. The van der Waals surface area contributed by atoms with Crippen LogP contribution in [0.5, 0.6) is 0 Å². The number of rotatable bonds is 10. The Labute approximate surface area is 118 Å². The minimum Gasteiger partial charge on any atom is -0.383 e. The molecule has 1 N–H and O–H groups in total. The van der Waals surface area contributed by atoms with Crippen molar-refractivity contribution in [1.82, 2.24) is 10.2 Å². The molecule has 0 saturated heterocycles. The Kier molecular flexibility index (Phi) is 8.62. The molecule has 0 spiro atoms. The molecule has 0 atom stereocenters. The summed E-state index contributed by atoms with van der Waals surface area (Å²) >= 11 is 0. The van der Waals surface area contributed by atoms with Crippen LogP contribution in [-0.2, 0) is 9.47 Å². The second kappa shape index (κ2) is 9.70. The third kappa shape index (κ3) is 6.21. The standard InChI is InChI=1S/C15H32N2O2/c1-16-13-15(7-5-4-6-8-15)14-17(9-11-18-2)10-12-19-3/h16H,4-14H2,1-3H3. The molecule has 0 bridgehead atoms. The summed E-state index contributed by atoms with van der Waals surface area (Å²) in [5.74, 6) is 0. The maximum atomic E-state index is 5.24. The normalized spacial score (nSPS) is 18.9. The van der Waals surface area contributed by atoms with Gasteiger partial charge in [-0.25, -0.2) is 0 Å². The van der Waals surface area contributed by atoms with Crippen molar-refractivity contribution in [2.75, 3.05) is 60.7 Å². The zero-order valence-electron chi connectivity index (χ0n) is 13.0. The van der Waals surface area contributed by atoms with E-state index in [0.29, 0.717) is 5.41 Å². The Bertz CT molecular complexity index is 205. The van der Waals surface area contributed by atoms with Gasteiger partial charge in [0.25, 0.3) is 0 Å². The van der Waals surface area contributed by atoms with Crippen molar-refractivity contribution in [3.05, 3.63) is 0 Å². The van der Waals surface area contributed by atoms with Gasteiger partial charge in [-0.05, 0) is 25.3 Å². The van der Waals surface area contributed by atoms with Gasteiger partial charge in [-0.2, -0.15) is 0 Å². The third-order valence-electron chi connectivity index (χ3n) is 4.25. The molecule has 1 rings (SSSR count). The highest BCUT2D eigenvalue weighted by Crippen LogP contribution is 2.36. The minimum absolute atomic E-state index is 0.453. The van der Waals surface area contributed by atoms with Gasteiger partial charge in [-0.3, -0.25) is 4.90 Å². The topological polar surface area (TPSA) is 33.7 Å². The highest BCUT2D eigenvalue weighted by Gasteiger charge is 2.33. The van der Waals surface area contributed by atoms with E-state index in [9.17, 15) is 0 Å². The molecule has 1 aliphatic rings. The van der Waals surface area contributed by atoms with Crippen LogP contribution in [0.25, 0.3) is 0 Å². The number of methoxy groups -OCH3 is 2. The van der Waals surface area contributed by atoms with Crippen LogP contribution in [0.2, 0.25) is 0 Å². The Morgan fingerprint density at radius 3 is 2.05 bits per heavy atom. The lowest BCUT2D eigenvalue weighted by molar-refractivity contribution is 0.0612. The van der Waals surface area contributed by atoms with Crippen molar-refractivity contribution in [3.63, 3.8) is 0 Å². The highest BCUT2D eigenvalue weighted by atomic mass is 16.5. The van der Waals surface area contributed by atoms with Crippen LogP contribution < -0.4 is 5.32 Å². The van der Waals surface area contributed by atoms with Crippen molar-refractivity contribution in [2.24, 2.45) is 5.41 Å². The van der Waals surface area contributed by atoms with E-state index in [-0.39, 0.29) is 0 Å². The number of hydrogen-bond acceptors (Lipinski definition) is 4. The summed E-state index contributed by atoms with van der Waals surface area (Å²) in [4.78, 5) is 2.51. The molecule has 1 aliphatic carbocycles. The van der Waals surface area contributed by atoms with Crippen LogP contribution in [0.1, 0.15) is 32.1 Å². The van der Waals surface area contributed by atoms with Crippen molar-refractivity contribution >= 4 is 0 Å². The van der Waals surface area contributed by atoms with E-state index < -0.39 is 0 Å². The Balaban J connectivity index is 2.54. The van der Waals surface area contributed by atoms with Crippen molar-refractivity contribution in [3.8, 4) is 0 Å². The highest BCUT2D eigenvalue weighted by molar-refractivity contribution is 4.87. The van der Waals surface area contributed by atoms with Crippen LogP contribution in [0.3, 0.4) is 0 Å². The van der Waals surface area contributed by atoms with Crippen LogP contribution in [-0.4, -0.2) is 65.6 Å². The average molecular weight is 272 g/mol. The van der Waals surface area contributed by atoms with Crippen molar-refractivity contribution in [1.29, 1.82) is 0 Å². The fraction of sp³-hybridized carbons (Fsp3) is 1.00. The van der Waals surface area contributed by atoms with Gasteiger partial charge in [-0.15, -0.1) is 0 Å². The lowest BCUT2D eigenvalue weighted by atomic mass is 9.73. The maximum Gasteiger partial charge on any atom is 0.0589 e. The van der Waals surface area contributed by atoms with E-state index >= 15 is 0 Å². The molecule has 0 aromatic carbocycles. The Morgan fingerprint density at radius 2 is 1.58 bits per heavy atom. The lowest BCUT2D eigenvalue weighted by Crippen LogP contribution is -2.46. The first-order valence-electron chi connectivity index (χ1n) is 7.61. The summed E-state index contributed by atoms with van der Waals surface area (Å²) in [6, 6.07) is 0. The molecule has 0 aromatic rings. The second-order valence-electron chi connectivity index (χ2n) is 5.85. The zero-order chi connectivity index (χ0) is 14.0. The van der Waals surface area contributed by atoms with Gasteiger partial charge in [0, 0.05) is 40.4 Å². The fourth-order valence-electron chi connectivity index (χ4n) is 3.25. The number of nitrogens with zero attached hydrogens (tertiary/aromatic N) is 1. The van der Waals surface area contributed by atoms with Gasteiger partial charge in [-0.1, -0.05) is 19.3 Å². The molecule has 4 heteroatoms. The first-order valence-corrected chi connectivity index (χ1v) is 7.61. The van der Waals surface area contributed by atoms with Gasteiger partial charge in [0.1, 0.15) is 0 Å². The first kappa shape index (κ1) is 16.9. The third-order valence-corrected chi connectivity index (χ3v) is 4.25. The van der Waals surface area contributed by atoms with Gasteiger partial charge >= 0.3 is 0 Å². The SMILES string of the molecule is CNCC1(CN(CCOC)CCOC)CCCCC1. The molecular formula is C15H32N2O2. The lowest BCUT2D eigenvalue weighted by Gasteiger charge is -2.41. The summed E-state index contributed by atoms with van der Waals surface area (Å²) < 4.78 is 10.5. The predicted octanol–water partition coefficient (Wildman–Crippen LogP) is 1.75. The molecule has 0 heterocycles. The summed E-state index contributed by atoms with van der Waals surface area (Å²) in [7, 11) is 5.63. The Morgan fingerprint density at radius 1 is 1.00 bits per heavy atom. The number of nitrogens with one attached hydrogen (secondary N) is 1. The predicted molar refractivity (Wildman–Crippen MR) is 79.6 cm³/mol. The van der Waals surface area contributed by atoms with E-state index in [2.05, 4.69) is 17.3 Å². The molecule has 1 saturated carbocycles. The second-order valence-corrected chi connectivity index (χ2v) is 5.85. The first-order chi connectivity index (χ1) is 9.26. The largest absolute Gasteiger partial charge is 0.383 e. The summed E-state index contributed by atoms with van der Waals surface area (Å²) in [6.07, 6.45) is 6.87. The molecule has 19 heavy (non-hydrogen) atoms. The van der Waals surface area contributed by atoms with E-state index in [0.717, 1.165) is 32.8 Å². The van der Waals surface area contributed by atoms with E-state index in [1.54, 1.807) is 14.2 Å². The molecule has 114 valence electrons. The van der Waals surface area contributed by atoms with Crippen LogP contribution in [0.4, 0.5) is 0 Å². The van der Waals surface area contributed by atoms with E-state index in [4.69, 9.17) is 9.47 Å². The molecule has 0 aromatic heterocycles. The van der Waals surface area contributed by atoms with Gasteiger partial charge in [0.05, 0.1) is 13.2 Å². The average Bonchev–Trinajstić information content (AvgIpc) is 2.43. The van der Waals surface area contributed by atoms with Gasteiger partial charge < -0.3 is 14.8 Å². The van der Waals surface area contributed by atoms with Crippen LogP contribution in [0, 0.1) is 5.41 Å². The quantitative estimate of drug-likeness (QED) is 0.657. The number of hydrogen-bond donors (Lipinski definition) is 1. The summed E-state index contributed by atoms with van der Waals surface area (Å²) in [5, 5.41) is 3.41. The van der Waals surface area contributed by atoms with Crippen LogP contribution >= 0.6 is 0 Å². The Hall–Kier alpha value is -0.160. The smallest absolute Gasteiger partial charge is 0.0589 e. The summed E-state index contributed by atoms with van der Waals surface area (Å²) in [6.45, 7) is 5.92. The molecule has 0 radical (unpaired) electrons. The molecule has 0 amide bonds. The zero-order valence-corrected chi connectivity index (χ0v) is 13.0. The maximum absolute atomic E-state index is 5.24. The molecule has 1 fully saturated rings. The van der Waals surface area contributed by atoms with Crippen molar-refractivity contribution in [2.45, 2.75) is 32.1 Å².